The second-order valence-electron chi connectivity index (χ2n) is 4.82. The summed E-state index contributed by atoms with van der Waals surface area (Å²) < 4.78 is 38.9. The number of H-pyrrole nitrogens is 1. The molecule has 2 rings (SSSR count). The number of rotatable bonds is 4. The molecule has 3 N–H and O–H groups in total. The Labute approximate surface area is 137 Å². The highest BCUT2D eigenvalue weighted by Gasteiger charge is 2.30. The first kappa shape index (κ1) is 17.9. The number of nitrogens with one attached hydrogen (secondary N) is 1. The number of thioether (sulfide) groups is 1. The van der Waals surface area contributed by atoms with Crippen LogP contribution in [-0.4, -0.2) is 21.1 Å². The standard InChI is InChI=1S/C14H12F3N3O3S/c1-20-11(18)10(12(22)19-13(20)23)9(21)6-24-8-4-2-3-7(5-8)14(15,16)17/h2-5H,6,18H2,1H3,(H,19,22,23). The Bertz CT molecular complexity index is 903. The van der Waals surface area contributed by atoms with E-state index in [1.807, 2.05) is 4.98 Å². The van der Waals surface area contributed by atoms with E-state index in [9.17, 15) is 27.6 Å². The van der Waals surface area contributed by atoms with Gasteiger partial charge in [-0.1, -0.05) is 6.07 Å². The highest BCUT2D eigenvalue weighted by Crippen LogP contribution is 2.32. The maximum Gasteiger partial charge on any atom is 0.416 e. The second kappa shape index (κ2) is 6.56. The van der Waals surface area contributed by atoms with Crippen molar-refractivity contribution < 1.29 is 18.0 Å². The molecule has 1 aromatic heterocycles. The molecule has 0 aliphatic rings. The normalized spacial score (nSPS) is 11.5. The SMILES string of the molecule is Cn1c(N)c(C(=O)CSc2cccc(C(F)(F)F)c2)c(=O)[nH]c1=O. The molecular formula is C14H12F3N3O3S. The van der Waals surface area contributed by atoms with E-state index < -0.39 is 34.3 Å². The number of Topliss-reactive ketones (excluding diaryl/α,β-unsaturated/α-hetero) is 1. The van der Waals surface area contributed by atoms with E-state index in [1.165, 1.54) is 19.2 Å². The molecule has 0 fully saturated rings. The van der Waals surface area contributed by atoms with Crippen molar-refractivity contribution in [1.82, 2.24) is 9.55 Å². The van der Waals surface area contributed by atoms with Gasteiger partial charge in [0.05, 0.1) is 11.3 Å². The summed E-state index contributed by atoms with van der Waals surface area (Å²) in [5.74, 6) is -1.28. The lowest BCUT2D eigenvalue weighted by Crippen LogP contribution is -2.35. The molecule has 0 aliphatic carbocycles. The van der Waals surface area contributed by atoms with Crippen LogP contribution in [0.4, 0.5) is 19.0 Å². The number of carbonyl (C=O) groups is 1. The van der Waals surface area contributed by atoms with Gasteiger partial charge in [-0.3, -0.25) is 19.1 Å². The highest BCUT2D eigenvalue weighted by molar-refractivity contribution is 8.00. The quantitative estimate of drug-likeness (QED) is 0.639. The maximum atomic E-state index is 12.6. The number of ketones is 1. The molecule has 0 aliphatic heterocycles. The van der Waals surface area contributed by atoms with Gasteiger partial charge in [-0.05, 0) is 18.2 Å². The van der Waals surface area contributed by atoms with Crippen molar-refractivity contribution >= 4 is 23.4 Å². The summed E-state index contributed by atoms with van der Waals surface area (Å²) in [5.41, 5.74) is 2.68. The molecule has 128 valence electrons. The van der Waals surface area contributed by atoms with Gasteiger partial charge >= 0.3 is 11.9 Å². The Morgan fingerprint density at radius 3 is 2.62 bits per heavy atom. The molecule has 0 radical (unpaired) electrons. The van der Waals surface area contributed by atoms with Crippen LogP contribution in [0.25, 0.3) is 0 Å². The molecule has 6 nitrogen and oxygen atoms in total. The average Bonchev–Trinajstić information content (AvgIpc) is 2.50. The number of nitrogens with two attached hydrogens (primary N) is 1. The zero-order chi connectivity index (χ0) is 18.1. The molecule has 0 amide bonds. The number of carbonyl (C=O) groups excluding carboxylic acids is 1. The van der Waals surface area contributed by atoms with Crippen LogP contribution in [0.2, 0.25) is 0 Å². The van der Waals surface area contributed by atoms with Crippen LogP contribution in [0.1, 0.15) is 15.9 Å². The van der Waals surface area contributed by atoms with Gasteiger partial charge in [-0.25, -0.2) is 4.79 Å². The lowest BCUT2D eigenvalue weighted by atomic mass is 10.2. The molecule has 0 bridgehead atoms. The van der Waals surface area contributed by atoms with Gasteiger partial charge < -0.3 is 5.73 Å². The van der Waals surface area contributed by atoms with E-state index in [0.717, 1.165) is 28.5 Å². The van der Waals surface area contributed by atoms with Gasteiger partial charge in [0.25, 0.3) is 5.56 Å². The van der Waals surface area contributed by atoms with Crippen molar-refractivity contribution in [2.24, 2.45) is 7.05 Å². The second-order valence-corrected chi connectivity index (χ2v) is 5.86. The number of aromatic amines is 1. The number of anilines is 1. The fourth-order valence-corrected chi connectivity index (χ4v) is 2.72. The van der Waals surface area contributed by atoms with Crippen LogP contribution < -0.4 is 17.0 Å². The summed E-state index contributed by atoms with van der Waals surface area (Å²) in [6.45, 7) is 0. The molecule has 0 saturated heterocycles. The summed E-state index contributed by atoms with van der Waals surface area (Å²) in [4.78, 5) is 37.4. The fraction of sp³-hybridized carbons (Fsp3) is 0.214. The molecule has 24 heavy (non-hydrogen) atoms. The first-order valence-electron chi connectivity index (χ1n) is 6.53. The van der Waals surface area contributed by atoms with E-state index >= 15 is 0 Å². The largest absolute Gasteiger partial charge is 0.416 e. The van der Waals surface area contributed by atoms with E-state index in [2.05, 4.69) is 0 Å². The molecule has 0 unspecified atom stereocenters. The fourth-order valence-electron chi connectivity index (χ4n) is 1.89. The first-order chi connectivity index (χ1) is 11.1. The van der Waals surface area contributed by atoms with E-state index in [4.69, 9.17) is 5.73 Å². The Morgan fingerprint density at radius 2 is 2.00 bits per heavy atom. The lowest BCUT2D eigenvalue weighted by Gasteiger charge is -2.09. The van der Waals surface area contributed by atoms with Crippen LogP contribution in [0.15, 0.2) is 38.8 Å². The molecule has 0 spiro atoms. The topological polar surface area (TPSA) is 97.9 Å². The minimum absolute atomic E-state index is 0.220. The zero-order valence-corrected chi connectivity index (χ0v) is 13.1. The predicted molar refractivity (Wildman–Crippen MR) is 83.2 cm³/mol. The van der Waals surface area contributed by atoms with E-state index in [0.29, 0.717) is 0 Å². The van der Waals surface area contributed by atoms with Crippen molar-refractivity contribution in [1.29, 1.82) is 0 Å². The van der Waals surface area contributed by atoms with Crippen molar-refractivity contribution in [2.75, 3.05) is 11.5 Å². The van der Waals surface area contributed by atoms with Crippen molar-refractivity contribution in [2.45, 2.75) is 11.1 Å². The molecule has 10 heteroatoms. The Balaban J connectivity index is 2.23. The smallest absolute Gasteiger partial charge is 0.384 e. The number of hydrogen-bond donors (Lipinski definition) is 2. The van der Waals surface area contributed by atoms with Gasteiger partial charge in [-0.15, -0.1) is 11.8 Å². The van der Waals surface area contributed by atoms with Crippen molar-refractivity contribution in [3.8, 4) is 0 Å². The zero-order valence-electron chi connectivity index (χ0n) is 12.3. The Kier molecular flexibility index (Phi) is 4.88. The number of alkyl halides is 3. The van der Waals surface area contributed by atoms with Gasteiger partial charge in [0.1, 0.15) is 11.4 Å². The Morgan fingerprint density at radius 1 is 1.33 bits per heavy atom. The monoisotopic (exact) mass is 359 g/mol. The third-order valence-corrected chi connectivity index (χ3v) is 4.17. The molecule has 0 saturated carbocycles. The number of halogens is 3. The molecule has 2 aromatic rings. The minimum atomic E-state index is -4.49. The molecular weight excluding hydrogens is 347 g/mol. The van der Waals surface area contributed by atoms with E-state index in [-0.39, 0.29) is 16.5 Å². The minimum Gasteiger partial charge on any atom is -0.384 e. The van der Waals surface area contributed by atoms with Gasteiger partial charge in [0.2, 0.25) is 0 Å². The number of benzene rings is 1. The summed E-state index contributed by atoms with van der Waals surface area (Å²) in [6.07, 6.45) is -4.49. The van der Waals surface area contributed by atoms with Crippen LogP contribution in [0.3, 0.4) is 0 Å². The number of nitrogen functional groups attached to an aromatic ring is 1. The van der Waals surface area contributed by atoms with Crippen LogP contribution >= 0.6 is 11.8 Å². The number of hydrogen-bond acceptors (Lipinski definition) is 5. The summed E-state index contributed by atoms with van der Waals surface area (Å²) in [7, 11) is 1.28. The first-order valence-corrected chi connectivity index (χ1v) is 7.52. The van der Waals surface area contributed by atoms with Crippen molar-refractivity contribution in [3.05, 3.63) is 56.2 Å². The van der Waals surface area contributed by atoms with Gasteiger partial charge in [0.15, 0.2) is 5.78 Å². The molecule has 1 heterocycles. The van der Waals surface area contributed by atoms with Crippen LogP contribution in [0, 0.1) is 0 Å². The summed E-state index contributed by atoms with van der Waals surface area (Å²) >= 11 is 0.836. The lowest BCUT2D eigenvalue weighted by molar-refractivity contribution is -0.137. The molecule has 1 aromatic carbocycles. The van der Waals surface area contributed by atoms with Gasteiger partial charge in [-0.2, -0.15) is 13.2 Å². The predicted octanol–water partition coefficient (Wildman–Crippen LogP) is 1.65. The highest BCUT2D eigenvalue weighted by atomic mass is 32.2. The number of aromatic nitrogens is 2. The maximum absolute atomic E-state index is 12.6. The van der Waals surface area contributed by atoms with E-state index in [1.54, 1.807) is 0 Å². The number of nitrogens with zero attached hydrogens (tertiary/aromatic N) is 1. The summed E-state index contributed by atoms with van der Waals surface area (Å²) in [6, 6.07) is 4.47. The van der Waals surface area contributed by atoms with Gasteiger partial charge in [0, 0.05) is 11.9 Å². The van der Waals surface area contributed by atoms with Crippen LogP contribution in [-0.2, 0) is 13.2 Å². The van der Waals surface area contributed by atoms with Crippen molar-refractivity contribution in [3.63, 3.8) is 0 Å². The third-order valence-electron chi connectivity index (χ3n) is 3.18. The van der Waals surface area contributed by atoms with Crippen LogP contribution in [0.5, 0.6) is 0 Å². The Hall–Kier alpha value is -2.49. The third kappa shape index (κ3) is 3.70. The molecule has 0 atom stereocenters. The summed E-state index contributed by atoms with van der Waals surface area (Å²) in [5, 5.41) is 0. The average molecular weight is 359 g/mol.